The van der Waals surface area contributed by atoms with Gasteiger partial charge in [-0.2, -0.15) is 0 Å². The highest BCUT2D eigenvalue weighted by Gasteiger charge is 2.41. The van der Waals surface area contributed by atoms with Crippen molar-refractivity contribution in [1.82, 2.24) is 14.8 Å². The van der Waals surface area contributed by atoms with E-state index >= 15 is 0 Å². The monoisotopic (exact) mass is 341 g/mol. The van der Waals surface area contributed by atoms with Gasteiger partial charge in [-0.1, -0.05) is 6.07 Å². The van der Waals surface area contributed by atoms with Gasteiger partial charge in [0.15, 0.2) is 0 Å². The SMILES string of the molecule is O=C1CCC2(CCN(CCCc3cccnc3)CC2)CN1CC1CC1. The Hall–Kier alpha value is -1.42. The number of piperidine rings is 2. The van der Waals surface area contributed by atoms with Crippen molar-refractivity contribution in [2.24, 2.45) is 11.3 Å². The van der Waals surface area contributed by atoms with E-state index in [-0.39, 0.29) is 0 Å². The molecule has 2 aliphatic heterocycles. The molecule has 0 bridgehead atoms. The van der Waals surface area contributed by atoms with Crippen molar-refractivity contribution in [2.45, 2.75) is 51.4 Å². The van der Waals surface area contributed by atoms with Gasteiger partial charge >= 0.3 is 0 Å². The molecular weight excluding hydrogens is 310 g/mol. The summed E-state index contributed by atoms with van der Waals surface area (Å²) < 4.78 is 0. The first-order valence-corrected chi connectivity index (χ1v) is 10.1. The minimum Gasteiger partial charge on any atom is -0.342 e. The molecule has 1 amide bonds. The quantitative estimate of drug-likeness (QED) is 0.798. The molecule has 1 aromatic rings. The van der Waals surface area contributed by atoms with Gasteiger partial charge in [0.2, 0.25) is 5.91 Å². The summed E-state index contributed by atoms with van der Waals surface area (Å²) in [6.07, 6.45) is 13.3. The smallest absolute Gasteiger partial charge is 0.222 e. The van der Waals surface area contributed by atoms with Crippen LogP contribution >= 0.6 is 0 Å². The van der Waals surface area contributed by atoms with Crippen LogP contribution in [0.5, 0.6) is 0 Å². The fraction of sp³-hybridized carbons (Fsp3) is 0.714. The first-order chi connectivity index (χ1) is 12.2. The number of hydrogen-bond acceptors (Lipinski definition) is 3. The Bertz CT molecular complexity index is 576. The molecule has 1 saturated carbocycles. The van der Waals surface area contributed by atoms with Gasteiger partial charge in [0.05, 0.1) is 0 Å². The molecule has 0 N–H and O–H groups in total. The van der Waals surface area contributed by atoms with Crippen LogP contribution in [0.4, 0.5) is 0 Å². The van der Waals surface area contributed by atoms with Crippen molar-refractivity contribution in [1.29, 1.82) is 0 Å². The first kappa shape index (κ1) is 17.0. The maximum absolute atomic E-state index is 12.2. The highest BCUT2D eigenvalue weighted by molar-refractivity contribution is 5.77. The fourth-order valence-electron chi connectivity index (χ4n) is 4.59. The molecule has 0 aromatic carbocycles. The molecule has 4 nitrogen and oxygen atoms in total. The van der Waals surface area contributed by atoms with Crippen LogP contribution in [0.1, 0.15) is 50.5 Å². The minimum absolute atomic E-state index is 0.413. The lowest BCUT2D eigenvalue weighted by Crippen LogP contribution is -2.52. The van der Waals surface area contributed by atoms with Gasteiger partial charge in [-0.25, -0.2) is 0 Å². The summed E-state index contributed by atoms with van der Waals surface area (Å²) in [5.41, 5.74) is 1.76. The molecule has 1 spiro atoms. The third-order valence-electron chi connectivity index (χ3n) is 6.50. The molecule has 0 unspecified atom stereocenters. The third-order valence-corrected chi connectivity index (χ3v) is 6.50. The molecular formula is C21H31N3O. The van der Waals surface area contributed by atoms with E-state index in [9.17, 15) is 4.79 Å². The van der Waals surface area contributed by atoms with Crippen LogP contribution < -0.4 is 0 Å². The van der Waals surface area contributed by atoms with Gasteiger partial charge in [-0.05, 0) is 87.5 Å². The molecule has 3 fully saturated rings. The number of pyridine rings is 1. The summed E-state index contributed by atoms with van der Waals surface area (Å²) in [4.78, 5) is 21.3. The van der Waals surface area contributed by atoms with E-state index in [0.29, 0.717) is 11.3 Å². The fourth-order valence-corrected chi connectivity index (χ4v) is 4.59. The number of rotatable bonds is 6. The van der Waals surface area contributed by atoms with Gasteiger partial charge in [-0.3, -0.25) is 9.78 Å². The van der Waals surface area contributed by atoms with E-state index in [1.54, 1.807) is 0 Å². The van der Waals surface area contributed by atoms with Crippen molar-refractivity contribution in [3.8, 4) is 0 Å². The lowest BCUT2D eigenvalue weighted by molar-refractivity contribution is -0.139. The third kappa shape index (κ3) is 4.41. The van der Waals surface area contributed by atoms with E-state index in [4.69, 9.17) is 0 Å². The highest BCUT2D eigenvalue weighted by Crippen LogP contribution is 2.41. The number of aromatic nitrogens is 1. The van der Waals surface area contributed by atoms with Crippen LogP contribution in [0.3, 0.4) is 0 Å². The molecule has 3 heterocycles. The molecule has 2 saturated heterocycles. The van der Waals surface area contributed by atoms with Crippen LogP contribution in [-0.4, -0.2) is 53.4 Å². The van der Waals surface area contributed by atoms with E-state index < -0.39 is 0 Å². The number of hydrogen-bond donors (Lipinski definition) is 0. The largest absolute Gasteiger partial charge is 0.342 e. The summed E-state index contributed by atoms with van der Waals surface area (Å²) in [6, 6.07) is 4.20. The van der Waals surface area contributed by atoms with E-state index in [1.807, 2.05) is 18.5 Å². The second-order valence-corrected chi connectivity index (χ2v) is 8.52. The van der Waals surface area contributed by atoms with Gasteiger partial charge in [0.25, 0.3) is 0 Å². The number of carbonyl (C=O) groups is 1. The zero-order chi connectivity index (χ0) is 17.1. The molecule has 0 atom stereocenters. The normalized spacial score (nSPS) is 24.0. The molecule has 3 aliphatic rings. The maximum Gasteiger partial charge on any atom is 0.222 e. The standard InChI is InChI=1S/C21H31N3O/c25-20-7-8-21(17-24(20)16-19-5-6-19)9-13-23(14-10-21)12-2-4-18-3-1-11-22-15-18/h1,3,11,15,19H,2,4-10,12-14,16-17H2. The lowest BCUT2D eigenvalue weighted by Gasteiger charge is -2.47. The van der Waals surface area contributed by atoms with Gasteiger partial charge in [-0.15, -0.1) is 0 Å². The van der Waals surface area contributed by atoms with Crippen LogP contribution in [0.2, 0.25) is 0 Å². The number of amides is 1. The topological polar surface area (TPSA) is 36.4 Å². The average Bonchev–Trinajstić information content (AvgIpc) is 3.45. The predicted octanol–water partition coefficient (Wildman–Crippen LogP) is 3.13. The minimum atomic E-state index is 0.413. The molecule has 136 valence electrons. The number of likely N-dealkylation sites (tertiary alicyclic amines) is 2. The van der Waals surface area contributed by atoms with Gasteiger partial charge < -0.3 is 9.80 Å². The Labute approximate surface area is 151 Å². The Morgan fingerprint density at radius 2 is 2.04 bits per heavy atom. The lowest BCUT2D eigenvalue weighted by atomic mass is 9.72. The molecule has 1 aromatic heterocycles. The van der Waals surface area contributed by atoms with Crippen molar-refractivity contribution >= 4 is 5.91 Å². The number of carbonyl (C=O) groups excluding carboxylic acids is 1. The summed E-state index contributed by atoms with van der Waals surface area (Å²) in [5.74, 6) is 1.23. The number of nitrogens with zero attached hydrogens (tertiary/aromatic N) is 3. The van der Waals surface area contributed by atoms with Crippen LogP contribution in [0, 0.1) is 11.3 Å². The van der Waals surface area contributed by atoms with Crippen molar-refractivity contribution in [3.05, 3.63) is 30.1 Å². The average molecular weight is 341 g/mol. The first-order valence-electron chi connectivity index (χ1n) is 10.1. The van der Waals surface area contributed by atoms with Gasteiger partial charge in [0, 0.05) is 31.9 Å². The molecule has 0 radical (unpaired) electrons. The zero-order valence-corrected chi connectivity index (χ0v) is 15.3. The Morgan fingerprint density at radius 1 is 1.20 bits per heavy atom. The Kier molecular flexibility index (Phi) is 5.07. The molecule has 4 rings (SSSR count). The second-order valence-electron chi connectivity index (χ2n) is 8.52. The van der Waals surface area contributed by atoms with E-state index in [1.165, 1.54) is 57.3 Å². The van der Waals surface area contributed by atoms with Gasteiger partial charge in [0.1, 0.15) is 0 Å². The van der Waals surface area contributed by atoms with E-state index in [2.05, 4.69) is 20.9 Å². The maximum atomic E-state index is 12.2. The summed E-state index contributed by atoms with van der Waals surface area (Å²) in [6.45, 7) is 5.67. The second kappa shape index (κ2) is 7.45. The molecule has 4 heteroatoms. The summed E-state index contributed by atoms with van der Waals surface area (Å²) in [7, 11) is 0. The highest BCUT2D eigenvalue weighted by atomic mass is 16.2. The van der Waals surface area contributed by atoms with Crippen molar-refractivity contribution < 1.29 is 4.79 Å². The van der Waals surface area contributed by atoms with Crippen LogP contribution in [0.25, 0.3) is 0 Å². The Morgan fingerprint density at radius 3 is 2.76 bits per heavy atom. The molecule has 1 aliphatic carbocycles. The number of aryl methyl sites for hydroxylation is 1. The van der Waals surface area contributed by atoms with Crippen molar-refractivity contribution in [2.75, 3.05) is 32.7 Å². The predicted molar refractivity (Wildman–Crippen MR) is 99.2 cm³/mol. The summed E-state index contributed by atoms with van der Waals surface area (Å²) in [5, 5.41) is 0. The molecule has 25 heavy (non-hydrogen) atoms. The van der Waals surface area contributed by atoms with Crippen LogP contribution in [-0.2, 0) is 11.2 Å². The Balaban J connectivity index is 1.22. The van der Waals surface area contributed by atoms with Crippen molar-refractivity contribution in [3.63, 3.8) is 0 Å². The summed E-state index contributed by atoms with van der Waals surface area (Å²) >= 11 is 0. The van der Waals surface area contributed by atoms with Crippen LogP contribution in [0.15, 0.2) is 24.5 Å². The zero-order valence-electron chi connectivity index (χ0n) is 15.3. The van der Waals surface area contributed by atoms with E-state index in [0.717, 1.165) is 38.3 Å².